The number of carbonyl (C=O) groups is 1. The maximum atomic E-state index is 12.9. The van der Waals surface area contributed by atoms with Crippen LogP contribution in [0.3, 0.4) is 0 Å². The Morgan fingerprint density at radius 3 is 2.83 bits per heavy atom. The molecular formula is C22H18N4O3. The first-order chi connectivity index (χ1) is 14.2. The molecule has 4 aromatic rings. The third-order valence-electron chi connectivity index (χ3n) is 5.18. The minimum absolute atomic E-state index is 0.110. The molecule has 0 N–H and O–H groups in total. The zero-order chi connectivity index (χ0) is 19.8. The van der Waals surface area contributed by atoms with Crippen LogP contribution in [0, 0.1) is 0 Å². The van der Waals surface area contributed by atoms with E-state index in [4.69, 9.17) is 4.42 Å². The molecule has 7 heteroatoms. The molecule has 0 spiro atoms. The van der Waals surface area contributed by atoms with Gasteiger partial charge < -0.3 is 9.32 Å². The molecular weight excluding hydrogens is 368 g/mol. The van der Waals surface area contributed by atoms with Crippen LogP contribution in [0.2, 0.25) is 0 Å². The molecule has 5 rings (SSSR count). The summed E-state index contributed by atoms with van der Waals surface area (Å²) in [5.41, 5.74) is 2.52. The van der Waals surface area contributed by atoms with Crippen LogP contribution in [-0.2, 0) is 17.8 Å². The molecule has 144 valence electrons. The minimum Gasteiger partial charge on any atom is -0.386 e. The molecule has 0 radical (unpaired) electrons. The van der Waals surface area contributed by atoms with Crippen LogP contribution in [0.1, 0.15) is 12.0 Å². The van der Waals surface area contributed by atoms with E-state index in [1.807, 2.05) is 54.6 Å². The largest absolute Gasteiger partial charge is 0.437 e. The van der Waals surface area contributed by atoms with Crippen molar-refractivity contribution in [2.24, 2.45) is 0 Å². The van der Waals surface area contributed by atoms with Crippen molar-refractivity contribution in [3.8, 4) is 11.6 Å². The predicted octanol–water partition coefficient (Wildman–Crippen LogP) is 3.03. The molecule has 1 amide bonds. The van der Waals surface area contributed by atoms with Gasteiger partial charge in [0.15, 0.2) is 0 Å². The van der Waals surface area contributed by atoms with Crippen LogP contribution < -0.4 is 10.7 Å². The summed E-state index contributed by atoms with van der Waals surface area (Å²) in [5.74, 6) is -0.753. The highest BCUT2D eigenvalue weighted by Crippen LogP contribution is 2.27. The fourth-order valence-corrected chi connectivity index (χ4v) is 3.80. The Morgan fingerprint density at radius 2 is 1.90 bits per heavy atom. The maximum absolute atomic E-state index is 12.9. The molecule has 3 heterocycles. The van der Waals surface area contributed by atoms with E-state index in [1.165, 1.54) is 0 Å². The number of pyridine rings is 1. The summed E-state index contributed by atoms with van der Waals surface area (Å²) in [4.78, 5) is 31.3. The fraction of sp³-hybridized carbons (Fsp3) is 0.182. The van der Waals surface area contributed by atoms with Crippen LogP contribution in [0.25, 0.3) is 22.4 Å². The summed E-state index contributed by atoms with van der Waals surface area (Å²) in [6.07, 6.45) is 3.48. The van der Waals surface area contributed by atoms with Gasteiger partial charge in [-0.15, -0.1) is 5.10 Å². The molecule has 0 aliphatic carbocycles. The predicted molar refractivity (Wildman–Crippen MR) is 109 cm³/mol. The van der Waals surface area contributed by atoms with E-state index >= 15 is 0 Å². The number of nitrogens with zero attached hydrogens (tertiary/aromatic N) is 4. The molecule has 0 saturated heterocycles. The lowest BCUT2D eigenvalue weighted by Gasteiger charge is -2.29. The number of carbonyl (C=O) groups excluding carboxylic acids is 1. The van der Waals surface area contributed by atoms with Crippen molar-refractivity contribution in [2.75, 3.05) is 11.4 Å². The molecule has 7 nitrogen and oxygen atoms in total. The van der Waals surface area contributed by atoms with E-state index in [9.17, 15) is 9.59 Å². The third-order valence-corrected chi connectivity index (χ3v) is 5.18. The van der Waals surface area contributed by atoms with Gasteiger partial charge in [0, 0.05) is 23.8 Å². The van der Waals surface area contributed by atoms with Gasteiger partial charge in [0.1, 0.15) is 12.2 Å². The Labute approximate surface area is 166 Å². The van der Waals surface area contributed by atoms with Crippen molar-refractivity contribution in [1.82, 2.24) is 14.8 Å². The standard InChI is InChI=1S/C22H18N4O3/c27-19(25-13-5-8-16-7-2-4-10-18(16)25)14-26-22(28)29-21(24-26)20-17-9-3-1-6-15(17)11-12-23-20/h1-4,6-7,9-12H,5,8,13-14H2. The average Bonchev–Trinajstić information content (AvgIpc) is 3.12. The Bertz CT molecular complexity index is 1270. The van der Waals surface area contributed by atoms with Gasteiger partial charge in [0.25, 0.3) is 5.89 Å². The highest BCUT2D eigenvalue weighted by atomic mass is 16.4. The zero-order valence-corrected chi connectivity index (χ0v) is 15.6. The van der Waals surface area contributed by atoms with Gasteiger partial charge in [-0.2, -0.15) is 4.68 Å². The maximum Gasteiger partial charge on any atom is 0.437 e. The molecule has 29 heavy (non-hydrogen) atoms. The first-order valence-corrected chi connectivity index (χ1v) is 9.51. The van der Waals surface area contributed by atoms with Gasteiger partial charge in [-0.05, 0) is 35.9 Å². The summed E-state index contributed by atoms with van der Waals surface area (Å²) in [6, 6.07) is 17.4. The molecule has 0 bridgehead atoms. The van der Waals surface area contributed by atoms with Crippen molar-refractivity contribution in [2.45, 2.75) is 19.4 Å². The average molecular weight is 386 g/mol. The lowest BCUT2D eigenvalue weighted by atomic mass is 10.0. The van der Waals surface area contributed by atoms with Crippen LogP contribution in [-0.4, -0.2) is 27.2 Å². The SMILES string of the molecule is O=C(Cn1nc(-c2nccc3ccccc23)oc1=O)N1CCCc2ccccc21. The van der Waals surface area contributed by atoms with Crippen molar-refractivity contribution in [3.63, 3.8) is 0 Å². The van der Waals surface area contributed by atoms with E-state index < -0.39 is 5.76 Å². The second kappa shape index (κ2) is 7.01. The summed E-state index contributed by atoms with van der Waals surface area (Å²) >= 11 is 0. The number of aromatic nitrogens is 3. The van der Waals surface area contributed by atoms with Gasteiger partial charge >= 0.3 is 5.76 Å². The molecule has 1 aliphatic rings. The number of hydrogen-bond donors (Lipinski definition) is 0. The number of amides is 1. The fourth-order valence-electron chi connectivity index (χ4n) is 3.80. The van der Waals surface area contributed by atoms with E-state index in [0.717, 1.165) is 39.5 Å². The second-order valence-corrected chi connectivity index (χ2v) is 6.99. The van der Waals surface area contributed by atoms with E-state index in [2.05, 4.69) is 10.1 Å². The lowest BCUT2D eigenvalue weighted by Crippen LogP contribution is -2.39. The molecule has 0 atom stereocenters. The van der Waals surface area contributed by atoms with Gasteiger partial charge in [-0.25, -0.2) is 4.79 Å². The minimum atomic E-state index is -0.673. The first-order valence-electron chi connectivity index (χ1n) is 9.51. The van der Waals surface area contributed by atoms with E-state index in [-0.39, 0.29) is 18.3 Å². The topological polar surface area (TPSA) is 81.2 Å². The summed E-state index contributed by atoms with van der Waals surface area (Å²) in [5, 5.41) is 6.05. The summed E-state index contributed by atoms with van der Waals surface area (Å²) < 4.78 is 6.40. The van der Waals surface area contributed by atoms with E-state index in [0.29, 0.717) is 12.2 Å². The van der Waals surface area contributed by atoms with Crippen LogP contribution in [0.5, 0.6) is 0 Å². The highest BCUT2D eigenvalue weighted by Gasteiger charge is 2.24. The highest BCUT2D eigenvalue weighted by molar-refractivity contribution is 5.94. The number of anilines is 1. The van der Waals surface area contributed by atoms with Crippen LogP contribution >= 0.6 is 0 Å². The number of para-hydroxylation sites is 1. The van der Waals surface area contributed by atoms with Crippen molar-refractivity contribution in [1.29, 1.82) is 0 Å². The van der Waals surface area contributed by atoms with Crippen LogP contribution in [0.15, 0.2) is 70.0 Å². The Hall–Kier alpha value is -3.74. The van der Waals surface area contributed by atoms with Gasteiger partial charge in [0.2, 0.25) is 5.91 Å². The number of rotatable bonds is 3. The normalized spacial score (nSPS) is 13.4. The third kappa shape index (κ3) is 3.10. The monoisotopic (exact) mass is 386 g/mol. The Morgan fingerprint density at radius 1 is 1.07 bits per heavy atom. The summed E-state index contributed by atoms with van der Waals surface area (Å²) in [7, 11) is 0. The summed E-state index contributed by atoms with van der Waals surface area (Å²) in [6.45, 7) is 0.446. The molecule has 0 unspecified atom stereocenters. The lowest BCUT2D eigenvalue weighted by molar-refractivity contribution is -0.119. The van der Waals surface area contributed by atoms with E-state index in [1.54, 1.807) is 11.1 Å². The van der Waals surface area contributed by atoms with Gasteiger partial charge in [-0.3, -0.25) is 9.78 Å². The van der Waals surface area contributed by atoms with Crippen molar-refractivity contribution in [3.05, 3.63) is 76.9 Å². The van der Waals surface area contributed by atoms with Gasteiger partial charge in [-0.1, -0.05) is 42.5 Å². The Kier molecular flexibility index (Phi) is 4.20. The van der Waals surface area contributed by atoms with Crippen LogP contribution in [0.4, 0.5) is 5.69 Å². The smallest absolute Gasteiger partial charge is 0.386 e. The van der Waals surface area contributed by atoms with Crippen molar-refractivity contribution >= 4 is 22.4 Å². The number of hydrogen-bond acceptors (Lipinski definition) is 5. The Balaban J connectivity index is 1.46. The zero-order valence-electron chi connectivity index (χ0n) is 15.6. The number of benzene rings is 2. The molecule has 2 aromatic carbocycles. The van der Waals surface area contributed by atoms with Crippen molar-refractivity contribution < 1.29 is 9.21 Å². The molecule has 2 aromatic heterocycles. The molecule has 1 aliphatic heterocycles. The first kappa shape index (κ1) is 17.4. The van der Waals surface area contributed by atoms with Gasteiger partial charge in [0.05, 0.1) is 0 Å². The number of fused-ring (bicyclic) bond motifs is 2. The molecule has 0 fully saturated rings. The quantitative estimate of drug-likeness (QED) is 0.541. The molecule has 0 saturated carbocycles. The second-order valence-electron chi connectivity index (χ2n) is 6.99. The number of aryl methyl sites for hydroxylation is 1.